The van der Waals surface area contributed by atoms with Gasteiger partial charge in [-0.05, 0) is 77.9 Å². The molecule has 10 rings (SSSR count). The summed E-state index contributed by atoms with van der Waals surface area (Å²) < 4.78 is 6.68. The van der Waals surface area contributed by atoms with Gasteiger partial charge in [-0.25, -0.2) is 0 Å². The van der Waals surface area contributed by atoms with Gasteiger partial charge in [-0.3, -0.25) is 38.7 Å². The first kappa shape index (κ1) is 59.4. The number of hydrogen-bond acceptors (Lipinski definition) is 16. The number of anilines is 2. The van der Waals surface area contributed by atoms with E-state index in [9.17, 15) is 28.8 Å². The number of benzene rings is 1. The first-order valence-electron chi connectivity index (χ1n) is 26.1. The zero-order valence-electron chi connectivity index (χ0n) is 46.3. The molecule has 84 heavy (non-hydrogen) atoms. The maximum absolute atomic E-state index is 13.5. The average molecular weight is 1200 g/mol. The third-order valence-corrected chi connectivity index (χ3v) is 15.1. The van der Waals surface area contributed by atoms with Crippen molar-refractivity contribution in [2.45, 2.75) is 67.7 Å². The predicted octanol–water partition coefficient (Wildman–Crippen LogP) is 11.9. The molecule has 0 atom stereocenters. The molecule has 1 aromatic carbocycles. The van der Waals surface area contributed by atoms with E-state index in [1.165, 1.54) is 71.9 Å². The zero-order chi connectivity index (χ0) is 59.7. The number of nitrogens with one attached hydrogen (secondary N) is 2. The normalized spacial score (nSPS) is 11.2. The van der Waals surface area contributed by atoms with Gasteiger partial charge in [-0.15, -0.1) is 22.7 Å². The maximum Gasteiger partial charge on any atom is 0.254 e. The fourth-order valence-electron chi connectivity index (χ4n) is 8.28. The molecule has 0 bridgehead atoms. The minimum atomic E-state index is -0.730. The maximum atomic E-state index is 13.5. The van der Waals surface area contributed by atoms with Crippen molar-refractivity contribution in [2.24, 2.45) is 10.8 Å². The molecule has 0 aliphatic carbocycles. The summed E-state index contributed by atoms with van der Waals surface area (Å²) in [6, 6.07) is 31.7. The van der Waals surface area contributed by atoms with Crippen LogP contribution in [0.3, 0.4) is 0 Å². The van der Waals surface area contributed by atoms with Crippen molar-refractivity contribution >= 4 is 80.9 Å². The van der Waals surface area contributed by atoms with Gasteiger partial charge in [-0.2, -0.15) is 29.8 Å². The van der Waals surface area contributed by atoms with E-state index in [2.05, 4.69) is 47.7 Å². The summed E-state index contributed by atoms with van der Waals surface area (Å²) in [7, 11) is 0. The first-order valence-corrected chi connectivity index (χ1v) is 28.5. The van der Waals surface area contributed by atoms with Gasteiger partial charge in [0, 0.05) is 115 Å². The molecule has 0 aliphatic heterocycles. The van der Waals surface area contributed by atoms with Gasteiger partial charge in [0.2, 0.25) is 0 Å². The number of halogens is 2. The lowest BCUT2D eigenvalue weighted by atomic mass is 9.96. The van der Waals surface area contributed by atoms with E-state index >= 15 is 0 Å². The molecule has 0 saturated carbocycles. The van der Waals surface area contributed by atoms with Crippen LogP contribution in [0, 0.1) is 22.7 Å². The van der Waals surface area contributed by atoms with Crippen LogP contribution in [0.4, 0.5) is 11.6 Å². The number of hydrogen-bond donors (Lipinski definition) is 2. The van der Waals surface area contributed by atoms with Crippen LogP contribution in [0.1, 0.15) is 92.7 Å². The van der Waals surface area contributed by atoms with Crippen molar-refractivity contribution in [1.82, 2.24) is 48.9 Å². The largest absolute Gasteiger partial charge is 0.365 e. The summed E-state index contributed by atoms with van der Waals surface area (Å²) in [5.41, 5.74) is 3.00. The quantitative estimate of drug-likeness (QED) is 0.0720. The molecule has 0 aliphatic rings. The number of carbonyl (C=O) groups is 4. The predicted molar refractivity (Wildman–Crippen MR) is 328 cm³/mol. The van der Waals surface area contributed by atoms with E-state index < -0.39 is 16.4 Å². The highest BCUT2D eigenvalue weighted by molar-refractivity contribution is 7.16. The Morgan fingerprint density at radius 1 is 0.548 bits per heavy atom. The zero-order valence-corrected chi connectivity index (χ0v) is 49.5. The Morgan fingerprint density at radius 2 is 1.10 bits per heavy atom. The number of pyridine rings is 4. The lowest BCUT2D eigenvalue weighted by Gasteiger charge is -2.18. The van der Waals surface area contributed by atoms with Gasteiger partial charge in [0.05, 0.1) is 58.6 Å². The fraction of sp³-hybridized carbons (Fsp3) is 0.194. The Balaban J connectivity index is 0.000000202. The molecule has 10 aromatic rings. The first-order chi connectivity index (χ1) is 40.2. The Hall–Kier alpha value is -9.26. The van der Waals surface area contributed by atoms with E-state index in [0.29, 0.717) is 78.2 Å². The second-order valence-corrected chi connectivity index (χ2v) is 24.7. The van der Waals surface area contributed by atoms with E-state index in [-0.39, 0.29) is 42.0 Å². The van der Waals surface area contributed by atoms with E-state index in [1.807, 2.05) is 96.1 Å². The fourth-order valence-corrected chi connectivity index (χ4v) is 10.3. The van der Waals surface area contributed by atoms with Crippen LogP contribution in [-0.2, 0) is 26.2 Å². The number of thiophene rings is 2. The lowest BCUT2D eigenvalue weighted by Crippen LogP contribution is -2.29. The van der Waals surface area contributed by atoms with Gasteiger partial charge < -0.3 is 19.8 Å². The molecule has 0 saturated heterocycles. The molecule has 0 amide bonds. The molecule has 424 valence electrons. The second kappa shape index (κ2) is 25.9. The van der Waals surface area contributed by atoms with Crippen LogP contribution in [0.15, 0.2) is 168 Å². The van der Waals surface area contributed by atoms with Crippen molar-refractivity contribution < 1.29 is 19.2 Å². The molecular weight excluding hydrogens is 1140 g/mol. The lowest BCUT2D eigenvalue weighted by molar-refractivity contribution is 0.0746. The summed E-state index contributed by atoms with van der Waals surface area (Å²) >= 11 is 15.1. The van der Waals surface area contributed by atoms with Crippen LogP contribution < -0.4 is 21.8 Å². The Morgan fingerprint density at radius 3 is 1.61 bits per heavy atom. The monoisotopic (exact) mass is 1200 g/mol. The molecular formula is C62H54Cl2N12O6S2. The molecule has 0 spiro atoms. The van der Waals surface area contributed by atoms with Crippen molar-refractivity contribution in [2.75, 3.05) is 10.6 Å². The van der Waals surface area contributed by atoms with Crippen molar-refractivity contribution in [3.05, 3.63) is 220 Å². The van der Waals surface area contributed by atoms with Gasteiger partial charge in [0.25, 0.3) is 22.9 Å². The van der Waals surface area contributed by atoms with E-state index in [1.54, 1.807) is 73.4 Å². The highest BCUT2D eigenvalue weighted by Gasteiger charge is 2.30. The minimum absolute atomic E-state index is 0.181. The number of carbonyl (C=O) groups excluding carboxylic acids is 4. The van der Waals surface area contributed by atoms with E-state index in [0.717, 1.165) is 20.9 Å². The number of nitrogens with zero attached hydrogens (tertiary/aromatic N) is 10. The number of ketones is 2. The Bertz CT molecular complexity index is 4230. The average Bonchev–Trinajstić information content (AvgIpc) is 3.97. The second-order valence-electron chi connectivity index (χ2n) is 21.1. The van der Waals surface area contributed by atoms with Gasteiger partial charge in [0.1, 0.15) is 11.6 Å². The standard InChI is InChI=1S/C32H27ClN6O3S.C30H27ClN6O3S/c1-32(2,3)31(42)39-29(34-18-24-11-12-28(33)43-24)16-26(37-39)25-19-38(20-27(40)23-13-14-35-36-17-23)30(41)15-22(25)10-9-21-7-5-4-6-8-21;1-30(2,3)29(40)37-27(34-16-21-6-7-26(31)41-21)14-24(35-37)23-17-36(18-25(38)20-5-4-10-33-15-20)28(39)13-22(23)19-8-11-32-12-9-19/h4-8,11-17,19,34H,18,20H2,1-3H3;4-15,17,34H,16,18H2,1-3H3. The third-order valence-electron chi connectivity index (χ3n) is 12.7. The van der Waals surface area contributed by atoms with Crippen LogP contribution in [0.5, 0.6) is 0 Å². The van der Waals surface area contributed by atoms with Crippen molar-refractivity contribution in [1.29, 1.82) is 0 Å². The van der Waals surface area contributed by atoms with Gasteiger partial charge in [-0.1, -0.05) is 94.8 Å². The number of rotatable bonds is 15. The molecule has 22 heteroatoms. The van der Waals surface area contributed by atoms with Gasteiger partial charge in [0.15, 0.2) is 11.6 Å². The molecule has 2 N–H and O–H groups in total. The van der Waals surface area contributed by atoms with Crippen LogP contribution in [0.25, 0.3) is 33.6 Å². The SMILES string of the molecule is CC(C)(C)C(=O)n1nc(-c2cn(CC(=O)c3cccnc3)c(=O)cc2-c2ccncc2)cc1NCc1ccc(Cl)s1.CC(C)(C)C(=O)n1nc(-c2cn(CC(=O)c3ccnnc3)c(=O)cc2C#Cc2ccccc2)cc1NCc1ccc(Cl)s1. The van der Waals surface area contributed by atoms with Crippen LogP contribution >= 0.6 is 45.9 Å². The molecule has 0 fully saturated rings. The Labute approximate surface area is 500 Å². The van der Waals surface area contributed by atoms with Gasteiger partial charge >= 0.3 is 0 Å². The molecule has 9 heterocycles. The van der Waals surface area contributed by atoms with Crippen LogP contribution in [0.2, 0.25) is 8.67 Å². The summed E-state index contributed by atoms with van der Waals surface area (Å²) in [4.78, 5) is 89.3. The Kier molecular flexibility index (Phi) is 18.3. The van der Waals surface area contributed by atoms with E-state index in [4.69, 9.17) is 28.3 Å². The summed E-state index contributed by atoms with van der Waals surface area (Å²) in [5.74, 6) is 6.16. The van der Waals surface area contributed by atoms with Crippen molar-refractivity contribution in [3.8, 4) is 45.5 Å². The summed E-state index contributed by atoms with van der Waals surface area (Å²) in [6.07, 6.45) is 12.3. The minimum Gasteiger partial charge on any atom is -0.365 e. The highest BCUT2D eigenvalue weighted by atomic mass is 35.5. The third kappa shape index (κ3) is 14.7. The summed E-state index contributed by atoms with van der Waals surface area (Å²) in [6.45, 7) is 11.4. The molecule has 9 aromatic heterocycles. The highest BCUT2D eigenvalue weighted by Crippen LogP contribution is 2.34. The number of aromatic nitrogens is 10. The topological polar surface area (TPSA) is 224 Å². The van der Waals surface area contributed by atoms with Crippen molar-refractivity contribution in [3.63, 3.8) is 0 Å². The summed E-state index contributed by atoms with van der Waals surface area (Å²) in [5, 5.41) is 23.5. The smallest absolute Gasteiger partial charge is 0.254 e. The molecule has 18 nitrogen and oxygen atoms in total. The molecule has 0 unspecified atom stereocenters. The number of Topliss-reactive ketones (excluding diaryl/α,β-unsaturated/α-hetero) is 2. The van der Waals surface area contributed by atoms with Crippen LogP contribution in [-0.4, -0.2) is 72.2 Å². The molecule has 0 radical (unpaired) electrons.